The van der Waals surface area contributed by atoms with Gasteiger partial charge in [-0.3, -0.25) is 0 Å². The van der Waals surface area contributed by atoms with Crippen LogP contribution in [0.4, 0.5) is 34.1 Å². The highest BCUT2D eigenvalue weighted by Crippen LogP contribution is 2.42. The Morgan fingerprint density at radius 2 is 0.548 bits per heavy atom. The molecule has 93 heavy (non-hydrogen) atoms. The van der Waals surface area contributed by atoms with Gasteiger partial charge >= 0.3 is 0 Å². The van der Waals surface area contributed by atoms with Crippen molar-refractivity contribution >= 4 is 87.3 Å². The number of aryl methyl sites for hydroxylation is 9. The van der Waals surface area contributed by atoms with E-state index in [-0.39, 0.29) is 0 Å². The summed E-state index contributed by atoms with van der Waals surface area (Å²) in [5, 5.41) is 0. The maximum Gasteiger partial charge on any atom is 0.0516 e. The predicted octanol–water partition coefficient (Wildman–Crippen LogP) is 24.4. The van der Waals surface area contributed by atoms with Gasteiger partial charge < -0.3 is 14.7 Å². The maximum atomic E-state index is 2.46. The van der Waals surface area contributed by atoms with Crippen molar-refractivity contribution in [2.45, 2.75) is 119 Å². The quantitative estimate of drug-likeness (QED) is 0.0793. The van der Waals surface area contributed by atoms with Gasteiger partial charge in [-0.25, -0.2) is 0 Å². The molecule has 0 spiro atoms. The van der Waals surface area contributed by atoms with Gasteiger partial charge in [0.25, 0.3) is 0 Å². The van der Waals surface area contributed by atoms with Crippen LogP contribution >= 0.6 is 0 Å². The van der Waals surface area contributed by atoms with Crippen molar-refractivity contribution in [1.29, 1.82) is 0 Å². The number of anilines is 6. The van der Waals surface area contributed by atoms with Gasteiger partial charge in [-0.1, -0.05) is 221 Å². The van der Waals surface area contributed by atoms with Crippen molar-refractivity contribution in [1.82, 2.24) is 0 Å². The van der Waals surface area contributed by atoms with Gasteiger partial charge in [0, 0.05) is 35.7 Å². The minimum absolute atomic E-state index is 0.960. The zero-order valence-corrected chi connectivity index (χ0v) is 55.3. The summed E-state index contributed by atoms with van der Waals surface area (Å²) in [4.78, 5) is 7.38. The molecule has 10 aromatic carbocycles. The minimum Gasteiger partial charge on any atom is -0.316 e. The van der Waals surface area contributed by atoms with Crippen molar-refractivity contribution in [3.8, 4) is 0 Å². The monoisotopic (exact) mass is 1210 g/mol. The molecule has 0 aromatic heterocycles. The van der Waals surface area contributed by atoms with Crippen molar-refractivity contribution in [3.63, 3.8) is 0 Å². The number of hydrogen-bond acceptors (Lipinski definition) is 3. The lowest BCUT2D eigenvalue weighted by atomic mass is 9.87. The Hall–Kier alpha value is -9.96. The van der Waals surface area contributed by atoms with Gasteiger partial charge in [0.1, 0.15) is 0 Å². The van der Waals surface area contributed by atoms with Gasteiger partial charge in [-0.15, -0.1) is 0 Å². The molecule has 462 valence electrons. The van der Waals surface area contributed by atoms with Crippen LogP contribution < -0.4 is 14.7 Å². The second-order valence-electron chi connectivity index (χ2n) is 25.6. The van der Waals surface area contributed by atoms with Crippen LogP contribution in [0.25, 0.3) is 53.2 Å². The van der Waals surface area contributed by atoms with Crippen LogP contribution in [-0.4, -0.2) is 0 Å². The van der Waals surface area contributed by atoms with E-state index in [9.17, 15) is 0 Å². The van der Waals surface area contributed by atoms with E-state index in [1.54, 1.807) is 0 Å². The van der Waals surface area contributed by atoms with Crippen LogP contribution in [0, 0.1) is 20.8 Å². The molecular weight excluding hydrogens is 1120 g/mol. The molecule has 0 fully saturated rings. The smallest absolute Gasteiger partial charge is 0.0516 e. The average molecular weight is 1210 g/mol. The molecule has 3 nitrogen and oxygen atoms in total. The van der Waals surface area contributed by atoms with Gasteiger partial charge in [0.05, 0.1) is 17.1 Å². The SMILES string of the molecule is CCc1cccc(C)c1N(C=C1CCCc2ccccc21)c1ccc(C=Cc2cc(C=Cc3ccc(N(C=C4CCCc5ccccc54)c4c(C)cccc4CC)cc3)cc(C=Cc3ccc(N(C=C4CCCc5ccccc54)c4c(C)cccc4CC)cc3)c2)cc1. The van der Waals surface area contributed by atoms with E-state index in [1.807, 2.05) is 0 Å². The van der Waals surface area contributed by atoms with Crippen LogP contribution in [0.3, 0.4) is 0 Å². The van der Waals surface area contributed by atoms with E-state index in [0.29, 0.717) is 0 Å². The molecule has 0 unspecified atom stereocenters. The number of para-hydroxylation sites is 3. The number of allylic oxidation sites excluding steroid dienone is 3. The van der Waals surface area contributed by atoms with Crippen LogP contribution in [0.5, 0.6) is 0 Å². The highest BCUT2D eigenvalue weighted by molar-refractivity contribution is 5.85. The van der Waals surface area contributed by atoms with Crippen molar-refractivity contribution in [2.24, 2.45) is 0 Å². The normalized spacial score (nSPS) is 15.1. The largest absolute Gasteiger partial charge is 0.316 e. The molecule has 0 bridgehead atoms. The van der Waals surface area contributed by atoms with Crippen molar-refractivity contribution in [2.75, 3.05) is 14.7 Å². The third-order valence-corrected chi connectivity index (χ3v) is 19.4. The Kier molecular flexibility index (Phi) is 19.1. The zero-order valence-electron chi connectivity index (χ0n) is 55.3. The number of nitrogens with zero attached hydrogens (tertiary/aromatic N) is 3. The Morgan fingerprint density at radius 3 is 0.828 bits per heavy atom. The molecule has 0 saturated carbocycles. The minimum atomic E-state index is 0.960. The maximum absolute atomic E-state index is 2.46. The molecular formula is C90H87N3. The van der Waals surface area contributed by atoms with Gasteiger partial charge in [0.15, 0.2) is 0 Å². The Morgan fingerprint density at radius 1 is 0.280 bits per heavy atom. The lowest BCUT2D eigenvalue weighted by molar-refractivity contribution is 0.820. The molecule has 3 aliphatic rings. The van der Waals surface area contributed by atoms with E-state index in [2.05, 4.69) is 330 Å². The molecule has 0 amide bonds. The first-order chi connectivity index (χ1) is 45.7. The summed E-state index contributed by atoms with van der Waals surface area (Å²) >= 11 is 0. The number of fused-ring (bicyclic) bond motifs is 3. The first-order valence-corrected chi connectivity index (χ1v) is 34.2. The van der Waals surface area contributed by atoms with E-state index < -0.39 is 0 Å². The average Bonchev–Trinajstić information content (AvgIpc) is 0.903. The molecule has 0 saturated heterocycles. The fourth-order valence-corrected chi connectivity index (χ4v) is 14.5. The summed E-state index contributed by atoms with van der Waals surface area (Å²) in [6.45, 7) is 13.6. The summed E-state index contributed by atoms with van der Waals surface area (Å²) in [7, 11) is 0. The molecule has 3 heteroatoms. The first-order valence-electron chi connectivity index (χ1n) is 34.2. The molecule has 0 aliphatic heterocycles. The second kappa shape index (κ2) is 28.7. The van der Waals surface area contributed by atoms with Gasteiger partial charge in [-0.05, 0) is 269 Å². The van der Waals surface area contributed by atoms with Crippen LogP contribution in [0.15, 0.2) is 237 Å². The van der Waals surface area contributed by atoms with E-state index in [4.69, 9.17) is 0 Å². The predicted molar refractivity (Wildman–Crippen MR) is 403 cm³/mol. The zero-order chi connectivity index (χ0) is 63.6. The summed E-state index contributed by atoms with van der Waals surface area (Å²) in [5.74, 6) is 0. The third-order valence-electron chi connectivity index (χ3n) is 19.4. The van der Waals surface area contributed by atoms with E-state index in [1.165, 1.54) is 101 Å². The Balaban J connectivity index is 0.833. The van der Waals surface area contributed by atoms with Crippen molar-refractivity contribution < 1.29 is 0 Å². The Labute approximate surface area is 554 Å². The fourth-order valence-electron chi connectivity index (χ4n) is 14.5. The van der Waals surface area contributed by atoms with Crippen LogP contribution in [0.1, 0.15) is 159 Å². The molecule has 0 atom stereocenters. The lowest BCUT2D eigenvalue weighted by Gasteiger charge is -2.28. The lowest BCUT2D eigenvalue weighted by Crippen LogP contribution is -2.15. The summed E-state index contributed by atoms with van der Waals surface area (Å²) in [6, 6.07) is 81.5. The van der Waals surface area contributed by atoms with Gasteiger partial charge in [-0.2, -0.15) is 0 Å². The second-order valence-corrected chi connectivity index (χ2v) is 25.6. The fraction of sp³-hybridized carbons (Fsp3) is 0.200. The molecule has 10 aromatic rings. The number of benzene rings is 10. The third kappa shape index (κ3) is 14.0. The van der Waals surface area contributed by atoms with E-state index in [0.717, 1.165) is 127 Å². The highest BCUT2D eigenvalue weighted by atomic mass is 15.1. The molecule has 0 heterocycles. The highest BCUT2D eigenvalue weighted by Gasteiger charge is 2.23. The summed E-state index contributed by atoms with van der Waals surface area (Å²) in [5.41, 5.74) is 34.7. The summed E-state index contributed by atoms with van der Waals surface area (Å²) in [6.07, 6.45) is 33.8. The number of rotatable bonds is 18. The summed E-state index contributed by atoms with van der Waals surface area (Å²) < 4.78 is 0. The molecule has 3 aliphatic carbocycles. The topological polar surface area (TPSA) is 9.72 Å². The number of hydrogen-bond donors (Lipinski definition) is 0. The van der Waals surface area contributed by atoms with E-state index >= 15 is 0 Å². The molecule has 0 radical (unpaired) electrons. The van der Waals surface area contributed by atoms with Crippen molar-refractivity contribution in [3.05, 3.63) is 337 Å². The van der Waals surface area contributed by atoms with Crippen LogP contribution in [-0.2, 0) is 38.5 Å². The van der Waals surface area contributed by atoms with Gasteiger partial charge in [0.2, 0.25) is 0 Å². The Bertz CT molecular complexity index is 4030. The molecule has 13 rings (SSSR count). The first kappa shape index (κ1) is 61.9. The standard InChI is InChI=1S/C90H87N3/c1-7-73-28-16-22-64(4)88(73)91(61-79-34-19-31-76-25-10-13-37-85(76)79)82-52-46-67(47-53-82)40-43-70-58-71(44-41-68-48-54-83(55-49-68)92(89-65(5)23-17-29-74(89)8-2)62-80-35-20-32-77-26-11-14-38-86(77)80)60-72(59-70)45-42-69-50-56-84(57-51-69)93(90-66(6)24-18-30-75(90)9-3)63-81-36-21-33-78-27-12-15-39-87(78)81/h10-18,22-30,37-63H,7-9,19-21,31-36H2,1-6H3. The molecule has 0 N–H and O–H groups in total. The van der Waals surface area contributed by atoms with Crippen LogP contribution in [0.2, 0.25) is 0 Å².